The normalized spacial score (nSPS) is 16.4. The molecule has 1 aliphatic rings. The summed E-state index contributed by atoms with van der Waals surface area (Å²) in [5.74, 6) is 0.870. The molecule has 1 saturated carbocycles. The Morgan fingerprint density at radius 2 is 1.96 bits per heavy atom. The van der Waals surface area contributed by atoms with Crippen molar-refractivity contribution in [1.29, 1.82) is 0 Å². The lowest BCUT2D eigenvalue weighted by Gasteiger charge is -2.30. The molecule has 0 amide bonds. The van der Waals surface area contributed by atoms with Gasteiger partial charge in [-0.05, 0) is 24.3 Å². The number of hydrogen-bond acceptors (Lipinski definition) is 5. The minimum atomic E-state index is -0.138. The van der Waals surface area contributed by atoms with Crippen molar-refractivity contribution in [1.82, 2.24) is 19.1 Å². The maximum absolute atomic E-state index is 13.0. The molecule has 0 radical (unpaired) electrons. The Hall–Kier alpha value is -2.67. The standard InChI is InChI=1S/C21H27N5O2/c1-25-20(28)18-19(22-14-26(18)12-15-8-4-2-5-9-15)24-21(25)23-17(13-27)16-10-6-3-7-11-16/h2,4-5,8-9,14,16-17,27H,3,6-7,10-13H2,1H3,(H,23,24)/t17-/m1/s1. The molecule has 28 heavy (non-hydrogen) atoms. The predicted molar refractivity (Wildman–Crippen MR) is 109 cm³/mol. The van der Waals surface area contributed by atoms with Crippen LogP contribution in [0, 0.1) is 5.92 Å². The summed E-state index contributed by atoms with van der Waals surface area (Å²) in [6.07, 6.45) is 7.51. The van der Waals surface area contributed by atoms with Crippen LogP contribution in [0.25, 0.3) is 11.2 Å². The van der Waals surface area contributed by atoms with Gasteiger partial charge in [0, 0.05) is 13.6 Å². The first kappa shape index (κ1) is 18.7. The quantitative estimate of drug-likeness (QED) is 0.685. The molecule has 0 spiro atoms. The molecule has 148 valence electrons. The number of nitrogens with zero attached hydrogens (tertiary/aromatic N) is 4. The number of imidazole rings is 1. The van der Waals surface area contributed by atoms with Gasteiger partial charge in [-0.25, -0.2) is 4.98 Å². The van der Waals surface area contributed by atoms with E-state index in [0.717, 1.165) is 18.4 Å². The van der Waals surface area contributed by atoms with Crippen LogP contribution in [0.3, 0.4) is 0 Å². The molecular weight excluding hydrogens is 354 g/mol. The first-order valence-corrected chi connectivity index (χ1v) is 10.0. The van der Waals surface area contributed by atoms with Crippen LogP contribution in [-0.2, 0) is 13.6 Å². The highest BCUT2D eigenvalue weighted by molar-refractivity contribution is 5.71. The van der Waals surface area contributed by atoms with Crippen LogP contribution < -0.4 is 10.9 Å². The van der Waals surface area contributed by atoms with E-state index in [2.05, 4.69) is 15.3 Å². The van der Waals surface area contributed by atoms with Gasteiger partial charge in [0.2, 0.25) is 5.95 Å². The summed E-state index contributed by atoms with van der Waals surface area (Å²) in [6.45, 7) is 0.601. The van der Waals surface area contributed by atoms with Crippen molar-refractivity contribution in [2.75, 3.05) is 11.9 Å². The smallest absolute Gasteiger partial charge is 0.280 e. The van der Waals surface area contributed by atoms with Gasteiger partial charge < -0.3 is 15.0 Å². The topological polar surface area (TPSA) is 85.0 Å². The summed E-state index contributed by atoms with van der Waals surface area (Å²) in [5.41, 5.74) is 1.89. The molecule has 1 aliphatic carbocycles. The molecule has 1 atom stereocenters. The molecule has 0 unspecified atom stereocenters. The lowest BCUT2D eigenvalue weighted by atomic mass is 9.84. The van der Waals surface area contributed by atoms with Gasteiger partial charge in [0.25, 0.3) is 5.56 Å². The third kappa shape index (κ3) is 3.67. The van der Waals surface area contributed by atoms with Crippen LogP contribution >= 0.6 is 0 Å². The van der Waals surface area contributed by atoms with E-state index in [4.69, 9.17) is 0 Å². The van der Waals surface area contributed by atoms with Crippen molar-refractivity contribution < 1.29 is 5.11 Å². The first-order valence-electron chi connectivity index (χ1n) is 10.0. The maximum Gasteiger partial charge on any atom is 0.280 e. The van der Waals surface area contributed by atoms with Crippen LogP contribution in [-0.4, -0.2) is 36.9 Å². The van der Waals surface area contributed by atoms with Gasteiger partial charge in [-0.15, -0.1) is 0 Å². The van der Waals surface area contributed by atoms with Crippen molar-refractivity contribution in [3.8, 4) is 0 Å². The summed E-state index contributed by atoms with van der Waals surface area (Å²) >= 11 is 0. The number of aromatic nitrogens is 4. The molecule has 4 rings (SSSR count). The first-order chi connectivity index (χ1) is 13.7. The largest absolute Gasteiger partial charge is 0.394 e. The average molecular weight is 381 g/mol. The summed E-state index contributed by atoms with van der Waals surface area (Å²) in [4.78, 5) is 22.0. The summed E-state index contributed by atoms with van der Waals surface area (Å²) in [6, 6.07) is 9.88. The van der Waals surface area contributed by atoms with Crippen molar-refractivity contribution in [2.45, 2.75) is 44.7 Å². The Kier molecular flexibility index (Phi) is 5.43. The zero-order valence-electron chi connectivity index (χ0n) is 16.2. The number of rotatable bonds is 6. The van der Waals surface area contributed by atoms with Crippen LogP contribution in [0.4, 0.5) is 5.95 Å². The fourth-order valence-corrected chi connectivity index (χ4v) is 4.15. The lowest BCUT2D eigenvalue weighted by molar-refractivity contribution is 0.209. The van der Waals surface area contributed by atoms with Gasteiger partial charge in [-0.3, -0.25) is 9.36 Å². The molecule has 2 heterocycles. The fourth-order valence-electron chi connectivity index (χ4n) is 4.15. The Bertz CT molecular complexity index is 989. The van der Waals surface area contributed by atoms with Crippen LogP contribution in [0.2, 0.25) is 0 Å². The third-order valence-corrected chi connectivity index (χ3v) is 5.78. The molecule has 7 heteroatoms. The zero-order chi connectivity index (χ0) is 19.5. The van der Waals surface area contributed by atoms with Crippen LogP contribution in [0.15, 0.2) is 41.5 Å². The second kappa shape index (κ2) is 8.14. The summed E-state index contributed by atoms with van der Waals surface area (Å²) in [5, 5.41) is 13.2. The Morgan fingerprint density at radius 1 is 1.21 bits per heavy atom. The van der Waals surface area contributed by atoms with Crippen molar-refractivity contribution >= 4 is 17.1 Å². The molecule has 0 bridgehead atoms. The van der Waals surface area contributed by atoms with Gasteiger partial charge >= 0.3 is 0 Å². The van der Waals surface area contributed by atoms with E-state index < -0.39 is 0 Å². The highest BCUT2D eigenvalue weighted by atomic mass is 16.3. The molecular formula is C21H27N5O2. The highest BCUT2D eigenvalue weighted by Gasteiger charge is 2.25. The van der Waals surface area contributed by atoms with E-state index in [9.17, 15) is 9.90 Å². The number of anilines is 1. The molecule has 1 fully saturated rings. The van der Waals surface area contributed by atoms with Gasteiger partial charge in [0.05, 0.1) is 19.0 Å². The molecule has 1 aromatic carbocycles. The number of fused-ring (bicyclic) bond motifs is 1. The second-order valence-electron chi connectivity index (χ2n) is 7.66. The monoisotopic (exact) mass is 381 g/mol. The van der Waals surface area contributed by atoms with E-state index in [-0.39, 0.29) is 18.2 Å². The molecule has 0 aliphatic heterocycles. The number of aliphatic hydroxyl groups is 1. The van der Waals surface area contributed by atoms with Gasteiger partial charge in [0.1, 0.15) is 0 Å². The number of nitrogens with one attached hydrogen (secondary N) is 1. The third-order valence-electron chi connectivity index (χ3n) is 5.78. The van der Waals surface area contributed by atoms with Gasteiger partial charge in [0.15, 0.2) is 11.2 Å². The molecule has 7 nitrogen and oxygen atoms in total. The Balaban J connectivity index is 1.64. The van der Waals surface area contributed by atoms with E-state index in [1.807, 2.05) is 34.9 Å². The fraction of sp³-hybridized carbons (Fsp3) is 0.476. The molecule has 3 aromatic rings. The summed E-state index contributed by atoms with van der Waals surface area (Å²) in [7, 11) is 1.71. The lowest BCUT2D eigenvalue weighted by Crippen LogP contribution is -2.36. The molecule has 0 saturated heterocycles. The van der Waals surface area contributed by atoms with Crippen molar-refractivity contribution in [3.63, 3.8) is 0 Å². The van der Waals surface area contributed by atoms with E-state index in [0.29, 0.717) is 29.6 Å². The summed E-state index contributed by atoms with van der Waals surface area (Å²) < 4.78 is 3.37. The minimum Gasteiger partial charge on any atom is -0.394 e. The van der Waals surface area contributed by atoms with Gasteiger partial charge in [-0.2, -0.15) is 4.98 Å². The van der Waals surface area contributed by atoms with Crippen LogP contribution in [0.5, 0.6) is 0 Å². The van der Waals surface area contributed by atoms with Gasteiger partial charge in [-0.1, -0.05) is 49.6 Å². The number of benzene rings is 1. The Labute approximate surface area is 164 Å². The molecule has 2 aromatic heterocycles. The SMILES string of the molecule is Cn1c(N[C@H](CO)C2CCCCC2)nc2ncn(Cc3ccccc3)c2c1=O. The maximum atomic E-state index is 13.0. The minimum absolute atomic E-state index is 0.0288. The zero-order valence-corrected chi connectivity index (χ0v) is 16.2. The van der Waals surface area contributed by atoms with Crippen LogP contribution in [0.1, 0.15) is 37.7 Å². The van der Waals surface area contributed by atoms with Crippen molar-refractivity contribution in [3.05, 3.63) is 52.6 Å². The number of aliphatic hydroxyl groups excluding tert-OH is 1. The predicted octanol–water partition coefficient (Wildman–Crippen LogP) is 2.53. The molecule has 2 N–H and O–H groups in total. The van der Waals surface area contributed by atoms with E-state index in [1.165, 1.54) is 23.8 Å². The van der Waals surface area contributed by atoms with E-state index >= 15 is 0 Å². The second-order valence-corrected chi connectivity index (χ2v) is 7.66. The van der Waals surface area contributed by atoms with Crippen molar-refractivity contribution in [2.24, 2.45) is 13.0 Å². The van der Waals surface area contributed by atoms with E-state index in [1.54, 1.807) is 13.4 Å². The average Bonchev–Trinajstić information content (AvgIpc) is 3.13. The highest BCUT2D eigenvalue weighted by Crippen LogP contribution is 2.27. The Morgan fingerprint density at radius 3 is 2.68 bits per heavy atom. The number of hydrogen-bond donors (Lipinski definition) is 2.